The third-order valence-electron chi connectivity index (χ3n) is 1.58. The third kappa shape index (κ3) is 2.52. The highest BCUT2D eigenvalue weighted by Gasteiger charge is 2.13. The molecular formula is C9H11BrN2O2. The van der Waals surface area contributed by atoms with Gasteiger partial charge in [0.15, 0.2) is 5.69 Å². The minimum absolute atomic E-state index is 0.273. The summed E-state index contributed by atoms with van der Waals surface area (Å²) in [7, 11) is 0. The molecule has 1 heterocycles. The summed E-state index contributed by atoms with van der Waals surface area (Å²) in [5, 5.41) is 0. The first-order valence-electron chi connectivity index (χ1n) is 4.21. The molecule has 14 heavy (non-hydrogen) atoms. The van der Waals surface area contributed by atoms with Crippen molar-refractivity contribution in [3.8, 4) is 0 Å². The maximum Gasteiger partial charge on any atom is 0.358 e. The number of carbonyl (C=O) groups is 1. The fourth-order valence-corrected chi connectivity index (χ4v) is 1.32. The SMILES string of the molecule is CCOC(=O)c1nc(CN)ccc1Br. The van der Waals surface area contributed by atoms with Gasteiger partial charge in [-0.1, -0.05) is 0 Å². The first-order valence-corrected chi connectivity index (χ1v) is 5.01. The Balaban J connectivity index is 2.99. The fraction of sp³-hybridized carbons (Fsp3) is 0.333. The maximum absolute atomic E-state index is 11.4. The number of nitrogens with two attached hydrogens (primary N) is 1. The van der Waals surface area contributed by atoms with E-state index in [0.29, 0.717) is 23.3 Å². The Labute approximate surface area is 90.6 Å². The summed E-state index contributed by atoms with van der Waals surface area (Å²) in [5.41, 5.74) is 6.35. The molecule has 1 aromatic heterocycles. The van der Waals surface area contributed by atoms with E-state index in [9.17, 15) is 4.79 Å². The van der Waals surface area contributed by atoms with Crippen LogP contribution < -0.4 is 5.73 Å². The average Bonchev–Trinajstić information content (AvgIpc) is 2.19. The van der Waals surface area contributed by atoms with E-state index in [1.54, 1.807) is 19.1 Å². The summed E-state index contributed by atoms with van der Waals surface area (Å²) in [6, 6.07) is 3.49. The van der Waals surface area contributed by atoms with Gasteiger partial charge >= 0.3 is 5.97 Å². The van der Waals surface area contributed by atoms with Gasteiger partial charge in [-0.05, 0) is 35.0 Å². The van der Waals surface area contributed by atoms with Crippen molar-refractivity contribution >= 4 is 21.9 Å². The summed E-state index contributed by atoms with van der Waals surface area (Å²) >= 11 is 3.23. The number of aromatic nitrogens is 1. The summed E-state index contributed by atoms with van der Waals surface area (Å²) in [4.78, 5) is 15.4. The Morgan fingerprint density at radius 2 is 2.36 bits per heavy atom. The number of hydrogen-bond acceptors (Lipinski definition) is 4. The molecule has 0 fully saturated rings. The van der Waals surface area contributed by atoms with E-state index in [4.69, 9.17) is 10.5 Å². The zero-order valence-electron chi connectivity index (χ0n) is 7.79. The molecule has 0 aliphatic heterocycles. The normalized spacial score (nSPS) is 9.93. The van der Waals surface area contributed by atoms with Crippen LogP contribution in [0.5, 0.6) is 0 Å². The van der Waals surface area contributed by atoms with Crippen LogP contribution in [-0.2, 0) is 11.3 Å². The number of hydrogen-bond donors (Lipinski definition) is 1. The van der Waals surface area contributed by atoms with E-state index in [1.165, 1.54) is 0 Å². The third-order valence-corrected chi connectivity index (χ3v) is 2.22. The molecule has 0 aliphatic carbocycles. The Bertz CT molecular complexity index is 342. The molecule has 1 rings (SSSR count). The summed E-state index contributed by atoms with van der Waals surface area (Å²) in [5.74, 6) is -0.435. The lowest BCUT2D eigenvalue weighted by atomic mass is 10.3. The summed E-state index contributed by atoms with van der Waals surface area (Å²) in [6.45, 7) is 2.39. The van der Waals surface area contributed by atoms with Crippen molar-refractivity contribution in [3.05, 3.63) is 28.0 Å². The van der Waals surface area contributed by atoms with Gasteiger partial charge in [0.25, 0.3) is 0 Å². The van der Waals surface area contributed by atoms with Gasteiger partial charge in [0.2, 0.25) is 0 Å². The van der Waals surface area contributed by atoms with Gasteiger partial charge < -0.3 is 10.5 Å². The quantitative estimate of drug-likeness (QED) is 0.835. The van der Waals surface area contributed by atoms with E-state index < -0.39 is 5.97 Å². The molecule has 1 aromatic rings. The standard InChI is InChI=1S/C9H11BrN2O2/c1-2-14-9(13)8-7(10)4-3-6(5-11)12-8/h3-4H,2,5,11H2,1H3. The lowest BCUT2D eigenvalue weighted by molar-refractivity contribution is 0.0518. The van der Waals surface area contributed by atoms with E-state index in [1.807, 2.05) is 0 Å². The molecular weight excluding hydrogens is 248 g/mol. The molecule has 0 saturated heterocycles. The predicted octanol–water partition coefficient (Wildman–Crippen LogP) is 1.48. The molecule has 0 unspecified atom stereocenters. The fourth-order valence-electron chi connectivity index (χ4n) is 0.939. The van der Waals surface area contributed by atoms with Gasteiger partial charge in [-0.15, -0.1) is 0 Å². The minimum atomic E-state index is -0.435. The highest BCUT2D eigenvalue weighted by atomic mass is 79.9. The molecule has 4 nitrogen and oxygen atoms in total. The highest BCUT2D eigenvalue weighted by molar-refractivity contribution is 9.10. The van der Waals surface area contributed by atoms with Crippen LogP contribution in [-0.4, -0.2) is 17.6 Å². The lowest BCUT2D eigenvalue weighted by Gasteiger charge is -2.04. The van der Waals surface area contributed by atoms with Crippen LogP contribution in [0.2, 0.25) is 0 Å². The monoisotopic (exact) mass is 258 g/mol. The first-order chi connectivity index (χ1) is 6.69. The number of rotatable bonds is 3. The summed E-state index contributed by atoms with van der Waals surface area (Å²) in [6.07, 6.45) is 0. The predicted molar refractivity (Wildman–Crippen MR) is 55.8 cm³/mol. The number of esters is 1. The molecule has 0 spiro atoms. The highest BCUT2D eigenvalue weighted by Crippen LogP contribution is 2.15. The van der Waals surface area contributed by atoms with Crippen molar-refractivity contribution in [2.45, 2.75) is 13.5 Å². The minimum Gasteiger partial charge on any atom is -0.461 e. The van der Waals surface area contributed by atoms with E-state index in [0.717, 1.165) is 0 Å². The first kappa shape index (κ1) is 11.1. The molecule has 76 valence electrons. The van der Waals surface area contributed by atoms with Crippen LogP contribution >= 0.6 is 15.9 Å². The molecule has 0 amide bonds. The second kappa shape index (κ2) is 5.07. The van der Waals surface area contributed by atoms with Crippen LogP contribution in [0.25, 0.3) is 0 Å². The number of halogens is 1. The van der Waals surface area contributed by atoms with Crippen molar-refractivity contribution < 1.29 is 9.53 Å². The van der Waals surface area contributed by atoms with Crippen molar-refractivity contribution in [1.29, 1.82) is 0 Å². The molecule has 5 heteroatoms. The Morgan fingerprint density at radius 3 is 2.93 bits per heavy atom. The van der Waals surface area contributed by atoms with Crippen LogP contribution in [0, 0.1) is 0 Å². The number of ether oxygens (including phenoxy) is 1. The number of carbonyl (C=O) groups excluding carboxylic acids is 1. The van der Waals surface area contributed by atoms with Gasteiger partial charge in [0.1, 0.15) is 0 Å². The molecule has 0 aliphatic rings. The Morgan fingerprint density at radius 1 is 1.64 bits per heavy atom. The topological polar surface area (TPSA) is 65.2 Å². The second-order valence-corrected chi connectivity index (χ2v) is 3.41. The van der Waals surface area contributed by atoms with Crippen molar-refractivity contribution in [2.24, 2.45) is 5.73 Å². The van der Waals surface area contributed by atoms with Crippen LogP contribution in [0.4, 0.5) is 0 Å². The van der Waals surface area contributed by atoms with Crippen molar-refractivity contribution in [2.75, 3.05) is 6.61 Å². The second-order valence-electron chi connectivity index (χ2n) is 2.56. The zero-order valence-corrected chi connectivity index (χ0v) is 9.37. The Hall–Kier alpha value is -0.940. The average molecular weight is 259 g/mol. The van der Waals surface area contributed by atoms with Crippen molar-refractivity contribution in [3.63, 3.8) is 0 Å². The zero-order chi connectivity index (χ0) is 10.6. The van der Waals surface area contributed by atoms with Crippen LogP contribution in [0.3, 0.4) is 0 Å². The van der Waals surface area contributed by atoms with Gasteiger partial charge in [-0.25, -0.2) is 9.78 Å². The molecule has 0 saturated carbocycles. The molecule has 0 bridgehead atoms. The van der Waals surface area contributed by atoms with Crippen LogP contribution in [0.15, 0.2) is 16.6 Å². The van der Waals surface area contributed by atoms with Crippen LogP contribution in [0.1, 0.15) is 23.1 Å². The van der Waals surface area contributed by atoms with Gasteiger partial charge in [0.05, 0.1) is 16.8 Å². The van der Waals surface area contributed by atoms with Gasteiger partial charge in [-0.3, -0.25) is 0 Å². The number of nitrogens with zero attached hydrogens (tertiary/aromatic N) is 1. The lowest BCUT2D eigenvalue weighted by Crippen LogP contribution is -2.10. The number of pyridine rings is 1. The molecule has 0 radical (unpaired) electrons. The largest absolute Gasteiger partial charge is 0.461 e. The van der Waals surface area contributed by atoms with Gasteiger partial charge in [0, 0.05) is 6.54 Å². The summed E-state index contributed by atoms with van der Waals surface area (Å²) < 4.78 is 5.45. The van der Waals surface area contributed by atoms with Crippen molar-refractivity contribution in [1.82, 2.24) is 4.98 Å². The molecule has 0 aromatic carbocycles. The van der Waals surface area contributed by atoms with E-state index in [2.05, 4.69) is 20.9 Å². The molecule has 0 atom stereocenters. The van der Waals surface area contributed by atoms with Gasteiger partial charge in [-0.2, -0.15) is 0 Å². The smallest absolute Gasteiger partial charge is 0.358 e. The van der Waals surface area contributed by atoms with E-state index >= 15 is 0 Å². The van der Waals surface area contributed by atoms with E-state index in [-0.39, 0.29) is 5.69 Å². The maximum atomic E-state index is 11.4. The Kier molecular flexibility index (Phi) is 4.03. The molecule has 2 N–H and O–H groups in total.